The predicted octanol–water partition coefficient (Wildman–Crippen LogP) is 3.09. The number of ether oxygens (including phenoxy) is 1. The smallest absolute Gasteiger partial charge is 0.336 e. The monoisotopic (exact) mass is 392 g/mol. The summed E-state index contributed by atoms with van der Waals surface area (Å²) in [6.45, 7) is 6.10. The Balaban J connectivity index is 1.79. The molecule has 1 aliphatic rings. The van der Waals surface area contributed by atoms with Crippen molar-refractivity contribution >= 4 is 26.8 Å². The molecule has 0 spiro atoms. The summed E-state index contributed by atoms with van der Waals surface area (Å²) in [7, 11) is -3.02. The van der Waals surface area contributed by atoms with Crippen molar-refractivity contribution in [2.24, 2.45) is 5.92 Å². The van der Waals surface area contributed by atoms with Crippen LogP contribution in [0.25, 0.3) is 11.0 Å². The SMILES string of the molecule is Cc1cc2oc(=O)cc(COC(=O)C[C@H]3CCS(=O)(=O)C3)c2cc1C(C)C. The first-order valence-electron chi connectivity index (χ1n) is 9.08. The van der Waals surface area contributed by atoms with Gasteiger partial charge in [0.25, 0.3) is 0 Å². The Labute approximate surface area is 158 Å². The summed E-state index contributed by atoms with van der Waals surface area (Å²) in [6, 6.07) is 5.15. The van der Waals surface area contributed by atoms with E-state index in [9.17, 15) is 18.0 Å². The fourth-order valence-electron chi connectivity index (χ4n) is 3.62. The van der Waals surface area contributed by atoms with Crippen LogP contribution in [0.3, 0.4) is 0 Å². The first kappa shape index (κ1) is 19.6. The predicted molar refractivity (Wildman–Crippen MR) is 102 cm³/mol. The lowest BCUT2D eigenvalue weighted by molar-refractivity contribution is -0.145. The minimum absolute atomic E-state index is 0.0387. The highest BCUT2D eigenvalue weighted by Crippen LogP contribution is 2.27. The fourth-order valence-corrected chi connectivity index (χ4v) is 5.48. The molecule has 0 bridgehead atoms. The van der Waals surface area contributed by atoms with Crippen molar-refractivity contribution in [3.63, 3.8) is 0 Å². The summed E-state index contributed by atoms with van der Waals surface area (Å²) in [4.78, 5) is 24.0. The third-order valence-corrected chi connectivity index (χ3v) is 6.85. The number of aryl methyl sites for hydroxylation is 1. The molecule has 146 valence electrons. The lowest BCUT2D eigenvalue weighted by Gasteiger charge is -2.13. The van der Waals surface area contributed by atoms with Gasteiger partial charge in [-0.15, -0.1) is 0 Å². The Bertz CT molecular complexity index is 1030. The summed E-state index contributed by atoms with van der Waals surface area (Å²) in [5.41, 5.74) is 2.75. The molecule has 2 aromatic rings. The van der Waals surface area contributed by atoms with Crippen molar-refractivity contribution in [1.82, 2.24) is 0 Å². The first-order chi connectivity index (χ1) is 12.6. The summed E-state index contributed by atoms with van der Waals surface area (Å²) in [5.74, 6) is -0.158. The molecule has 2 heterocycles. The van der Waals surface area contributed by atoms with E-state index in [2.05, 4.69) is 13.8 Å². The second-order valence-electron chi connectivity index (χ2n) is 7.58. The highest BCUT2D eigenvalue weighted by Gasteiger charge is 2.29. The van der Waals surface area contributed by atoms with E-state index in [1.54, 1.807) is 0 Å². The Morgan fingerprint density at radius 1 is 1.30 bits per heavy atom. The number of fused-ring (bicyclic) bond motifs is 1. The Kier molecular flexibility index (Phi) is 5.42. The number of rotatable bonds is 5. The highest BCUT2D eigenvalue weighted by molar-refractivity contribution is 7.91. The van der Waals surface area contributed by atoms with Crippen LogP contribution in [-0.4, -0.2) is 25.9 Å². The highest BCUT2D eigenvalue weighted by atomic mass is 32.2. The first-order valence-corrected chi connectivity index (χ1v) is 10.9. The van der Waals surface area contributed by atoms with E-state index in [0.717, 1.165) is 16.5 Å². The lowest BCUT2D eigenvalue weighted by atomic mass is 9.95. The van der Waals surface area contributed by atoms with Crippen molar-refractivity contribution in [3.8, 4) is 0 Å². The van der Waals surface area contributed by atoms with Gasteiger partial charge in [0.2, 0.25) is 0 Å². The van der Waals surface area contributed by atoms with Crippen molar-refractivity contribution < 1.29 is 22.4 Å². The molecule has 1 aromatic carbocycles. The maximum atomic E-state index is 12.1. The fraction of sp³-hybridized carbons (Fsp3) is 0.500. The van der Waals surface area contributed by atoms with Crippen LogP contribution in [0.1, 0.15) is 49.3 Å². The zero-order chi connectivity index (χ0) is 19.8. The van der Waals surface area contributed by atoms with Crippen LogP contribution < -0.4 is 5.63 Å². The van der Waals surface area contributed by atoms with E-state index in [1.165, 1.54) is 6.07 Å². The minimum Gasteiger partial charge on any atom is -0.461 e. The van der Waals surface area contributed by atoms with Gasteiger partial charge in [0.05, 0.1) is 11.5 Å². The van der Waals surface area contributed by atoms with E-state index in [4.69, 9.17) is 9.15 Å². The van der Waals surface area contributed by atoms with E-state index in [1.807, 2.05) is 19.1 Å². The van der Waals surface area contributed by atoms with Crippen molar-refractivity contribution in [2.45, 2.75) is 46.1 Å². The van der Waals surface area contributed by atoms with Gasteiger partial charge in [0.15, 0.2) is 9.84 Å². The van der Waals surface area contributed by atoms with Crippen molar-refractivity contribution in [1.29, 1.82) is 0 Å². The zero-order valence-corrected chi connectivity index (χ0v) is 16.6. The number of hydrogen-bond donors (Lipinski definition) is 0. The average Bonchev–Trinajstić information content (AvgIpc) is 2.90. The maximum absolute atomic E-state index is 12.1. The van der Waals surface area contributed by atoms with Crippen molar-refractivity contribution in [2.75, 3.05) is 11.5 Å². The van der Waals surface area contributed by atoms with Gasteiger partial charge >= 0.3 is 11.6 Å². The minimum atomic E-state index is -3.02. The van der Waals surface area contributed by atoms with E-state index < -0.39 is 21.4 Å². The number of carbonyl (C=O) groups excluding carboxylic acids is 1. The van der Waals surface area contributed by atoms with Gasteiger partial charge in [-0.3, -0.25) is 4.79 Å². The summed E-state index contributed by atoms with van der Waals surface area (Å²) in [5, 5.41) is 0.750. The molecule has 3 rings (SSSR count). The summed E-state index contributed by atoms with van der Waals surface area (Å²) in [6.07, 6.45) is 0.571. The van der Waals surface area contributed by atoms with E-state index in [-0.39, 0.29) is 30.5 Å². The second kappa shape index (κ2) is 7.46. The summed E-state index contributed by atoms with van der Waals surface area (Å²) < 4.78 is 33.6. The largest absolute Gasteiger partial charge is 0.461 e. The number of sulfone groups is 1. The van der Waals surface area contributed by atoms with E-state index in [0.29, 0.717) is 23.5 Å². The Morgan fingerprint density at radius 3 is 2.67 bits per heavy atom. The van der Waals surface area contributed by atoms with Gasteiger partial charge in [0.1, 0.15) is 12.2 Å². The molecule has 0 saturated carbocycles. The third kappa shape index (κ3) is 4.58. The molecular weight excluding hydrogens is 368 g/mol. The molecule has 0 radical (unpaired) electrons. The quantitative estimate of drug-likeness (QED) is 0.574. The van der Waals surface area contributed by atoms with Crippen LogP contribution in [0, 0.1) is 12.8 Å². The molecule has 7 heteroatoms. The van der Waals surface area contributed by atoms with Gasteiger partial charge in [-0.05, 0) is 48.4 Å². The van der Waals surface area contributed by atoms with Crippen LogP contribution in [0.5, 0.6) is 0 Å². The standard InChI is InChI=1S/C20H24O6S/c1-12(2)16-9-17-15(8-20(22)26-18(17)6-13(16)3)10-25-19(21)7-14-4-5-27(23,24)11-14/h6,8-9,12,14H,4-5,7,10-11H2,1-3H3/t14-/m1/s1. The van der Waals surface area contributed by atoms with Gasteiger partial charge < -0.3 is 9.15 Å². The molecule has 1 saturated heterocycles. The molecule has 1 aromatic heterocycles. The van der Waals surface area contributed by atoms with E-state index >= 15 is 0 Å². The lowest BCUT2D eigenvalue weighted by Crippen LogP contribution is -2.13. The second-order valence-corrected chi connectivity index (χ2v) is 9.81. The summed E-state index contributed by atoms with van der Waals surface area (Å²) >= 11 is 0. The van der Waals surface area contributed by atoms with Crippen LogP contribution in [0.4, 0.5) is 0 Å². The molecule has 0 N–H and O–H groups in total. The molecule has 1 atom stereocenters. The zero-order valence-electron chi connectivity index (χ0n) is 15.8. The van der Waals surface area contributed by atoms with Crippen molar-refractivity contribution in [3.05, 3.63) is 45.3 Å². The van der Waals surface area contributed by atoms with Gasteiger partial charge in [-0.1, -0.05) is 13.8 Å². The Morgan fingerprint density at radius 2 is 2.04 bits per heavy atom. The van der Waals surface area contributed by atoms with Crippen LogP contribution in [0.15, 0.2) is 27.4 Å². The number of benzene rings is 1. The molecule has 1 fully saturated rings. The van der Waals surface area contributed by atoms with Crippen LogP contribution >= 0.6 is 0 Å². The molecular formula is C20H24O6S. The van der Waals surface area contributed by atoms with Gasteiger partial charge in [-0.2, -0.15) is 0 Å². The topological polar surface area (TPSA) is 90.7 Å². The molecule has 27 heavy (non-hydrogen) atoms. The maximum Gasteiger partial charge on any atom is 0.336 e. The molecule has 6 nitrogen and oxygen atoms in total. The normalized spacial score (nSPS) is 18.9. The third-order valence-electron chi connectivity index (χ3n) is 5.01. The van der Waals surface area contributed by atoms with Crippen LogP contribution in [0.2, 0.25) is 0 Å². The molecule has 0 unspecified atom stereocenters. The van der Waals surface area contributed by atoms with Gasteiger partial charge in [-0.25, -0.2) is 13.2 Å². The van der Waals surface area contributed by atoms with Crippen LogP contribution in [-0.2, 0) is 26.0 Å². The number of esters is 1. The van der Waals surface area contributed by atoms with Gasteiger partial charge in [0, 0.05) is 23.4 Å². The molecule has 1 aliphatic heterocycles. The Hall–Kier alpha value is -2.15. The molecule has 0 amide bonds. The average molecular weight is 392 g/mol. The number of hydrogen-bond acceptors (Lipinski definition) is 6. The number of carbonyl (C=O) groups is 1. The molecule has 0 aliphatic carbocycles.